The van der Waals surface area contributed by atoms with Gasteiger partial charge < -0.3 is 39.0 Å². The van der Waals surface area contributed by atoms with Crippen molar-refractivity contribution in [3.8, 4) is 0 Å². The van der Waals surface area contributed by atoms with Crippen LogP contribution in [0.15, 0.2) is 97.2 Å². The van der Waals surface area contributed by atoms with E-state index in [0.29, 0.717) is 19.3 Å². The zero-order valence-corrected chi connectivity index (χ0v) is 52.4. The number of carboxylic acid groups (broad SMARTS) is 1. The first-order valence-electron chi connectivity index (χ1n) is 33.2. The summed E-state index contributed by atoms with van der Waals surface area (Å²) in [5.74, 6) is -3.16. The molecular weight excluding hydrogens is 1040 g/mol. The fraction of sp³-hybridized carbons (Fsp3) is 0.718. The van der Waals surface area contributed by atoms with Crippen LogP contribution in [0.5, 0.6) is 0 Å². The number of aliphatic carboxylic acids is 1. The van der Waals surface area contributed by atoms with Gasteiger partial charge in [-0.25, -0.2) is 4.79 Å². The molecule has 6 atom stereocenters. The summed E-state index contributed by atoms with van der Waals surface area (Å²) in [5.41, 5.74) is 0. The quantitative estimate of drug-likeness (QED) is 0.0228. The van der Waals surface area contributed by atoms with E-state index in [0.717, 1.165) is 128 Å². The Kier molecular flexibility index (Phi) is 53.6. The average molecular weight is 1160 g/mol. The van der Waals surface area contributed by atoms with Crippen LogP contribution in [0, 0.1) is 0 Å². The minimum atomic E-state index is -1.92. The van der Waals surface area contributed by atoms with Crippen molar-refractivity contribution in [2.45, 2.75) is 314 Å². The van der Waals surface area contributed by atoms with Crippen LogP contribution in [0.2, 0.25) is 0 Å². The smallest absolute Gasteiger partial charge is 0.335 e. The number of carbonyl (C=O) groups excluding carboxylic acids is 3. The highest BCUT2D eigenvalue weighted by atomic mass is 16.7. The lowest BCUT2D eigenvalue weighted by Crippen LogP contribution is -2.61. The molecule has 1 saturated heterocycles. The first kappa shape index (κ1) is 76.7. The summed E-state index contributed by atoms with van der Waals surface area (Å²) in [6, 6.07) is 0. The Balaban J connectivity index is 2.68. The maximum absolute atomic E-state index is 13.2. The number of ether oxygens (including phenoxy) is 5. The summed E-state index contributed by atoms with van der Waals surface area (Å²) in [4.78, 5) is 51.4. The van der Waals surface area contributed by atoms with Gasteiger partial charge in [0.05, 0.1) is 6.61 Å². The molecule has 0 amide bonds. The van der Waals surface area contributed by atoms with Gasteiger partial charge in [-0.05, 0) is 122 Å². The number of hydrogen-bond donors (Lipinski definition) is 3. The Morgan fingerprint density at radius 1 is 0.410 bits per heavy atom. The average Bonchev–Trinajstić information content (AvgIpc) is 3.55. The molecule has 6 unspecified atom stereocenters. The van der Waals surface area contributed by atoms with E-state index in [-0.39, 0.29) is 25.9 Å². The molecule has 83 heavy (non-hydrogen) atoms. The van der Waals surface area contributed by atoms with Crippen LogP contribution in [-0.2, 0) is 42.9 Å². The van der Waals surface area contributed by atoms with Crippen molar-refractivity contribution in [1.29, 1.82) is 0 Å². The lowest BCUT2D eigenvalue weighted by Gasteiger charge is -2.40. The van der Waals surface area contributed by atoms with Crippen molar-refractivity contribution in [2.75, 3.05) is 13.2 Å². The van der Waals surface area contributed by atoms with Crippen LogP contribution in [0.25, 0.3) is 0 Å². The van der Waals surface area contributed by atoms with E-state index in [2.05, 4.69) is 118 Å². The van der Waals surface area contributed by atoms with Gasteiger partial charge in [-0.15, -0.1) is 0 Å². The first-order chi connectivity index (χ1) is 40.6. The molecule has 0 radical (unpaired) electrons. The minimum Gasteiger partial charge on any atom is -0.479 e. The Labute approximate surface area is 504 Å². The molecule has 3 N–H and O–H groups in total. The molecule has 12 nitrogen and oxygen atoms in total. The molecule has 1 aliphatic heterocycles. The number of unbranched alkanes of at least 4 members (excludes halogenated alkanes) is 26. The van der Waals surface area contributed by atoms with Crippen LogP contribution in [0.4, 0.5) is 0 Å². The molecule has 0 aromatic carbocycles. The molecule has 0 spiro atoms. The maximum atomic E-state index is 13.2. The molecule has 1 rings (SSSR count). The number of esters is 3. The van der Waals surface area contributed by atoms with E-state index < -0.39 is 67.3 Å². The second kappa shape index (κ2) is 58.0. The Morgan fingerprint density at radius 2 is 0.759 bits per heavy atom. The number of aliphatic hydroxyl groups excluding tert-OH is 2. The third kappa shape index (κ3) is 47.6. The number of carbonyl (C=O) groups is 4. The monoisotopic (exact) mass is 1160 g/mol. The van der Waals surface area contributed by atoms with Crippen LogP contribution < -0.4 is 0 Å². The molecular formula is C71H118O12. The zero-order chi connectivity index (χ0) is 60.3. The summed E-state index contributed by atoms with van der Waals surface area (Å²) < 4.78 is 28.5. The largest absolute Gasteiger partial charge is 0.479 e. The van der Waals surface area contributed by atoms with E-state index in [1.807, 2.05) is 0 Å². The summed E-state index contributed by atoms with van der Waals surface area (Å²) in [5, 5.41) is 31.6. The van der Waals surface area contributed by atoms with Gasteiger partial charge in [0.2, 0.25) is 0 Å². The van der Waals surface area contributed by atoms with Crippen molar-refractivity contribution >= 4 is 23.9 Å². The van der Waals surface area contributed by atoms with Crippen LogP contribution in [-0.4, -0.2) is 89.2 Å². The standard InChI is InChI=1S/C71H118O12/c1-4-7-10-13-16-19-22-25-28-31-32-35-36-39-42-45-48-51-54-57-63(72)79-60-62(81-64(73)58-55-52-49-46-43-40-37-33-29-26-23-20-17-14-11-8-5-2)61-80-71-69(67(76)66(75)68(83-71)70(77)78)82-65(74)59-56-53-50-47-44-41-38-34-30-27-24-21-18-15-12-9-6-3/h9,12,16-21,25-30,38,41,62,66-69,71,75-76H,4-8,10-11,13-15,22-24,31-37,39-40,42-61H2,1-3H3,(H,77,78)/b12-9-,19-16-,20-17-,21-18-,28-25-,29-26-,30-27-,41-38-. The summed E-state index contributed by atoms with van der Waals surface area (Å²) in [7, 11) is 0. The van der Waals surface area contributed by atoms with E-state index in [1.165, 1.54) is 89.9 Å². The second-order valence-corrected chi connectivity index (χ2v) is 22.4. The number of aliphatic hydroxyl groups is 2. The summed E-state index contributed by atoms with van der Waals surface area (Å²) >= 11 is 0. The van der Waals surface area contributed by atoms with Gasteiger partial charge in [0.1, 0.15) is 18.8 Å². The summed E-state index contributed by atoms with van der Waals surface area (Å²) in [6.45, 7) is 5.84. The van der Waals surface area contributed by atoms with Gasteiger partial charge >= 0.3 is 23.9 Å². The first-order valence-corrected chi connectivity index (χ1v) is 33.2. The maximum Gasteiger partial charge on any atom is 0.335 e. The third-order valence-corrected chi connectivity index (χ3v) is 14.6. The fourth-order valence-corrected chi connectivity index (χ4v) is 9.54. The summed E-state index contributed by atoms with van der Waals surface area (Å²) in [6.07, 6.45) is 65.0. The minimum absolute atomic E-state index is 0.0277. The molecule has 1 heterocycles. The number of rotatable bonds is 56. The number of hydrogen-bond acceptors (Lipinski definition) is 11. The molecule has 0 aromatic rings. The van der Waals surface area contributed by atoms with Gasteiger partial charge in [0.25, 0.3) is 0 Å². The van der Waals surface area contributed by atoms with Crippen molar-refractivity contribution < 1.29 is 58.2 Å². The number of carboxylic acids is 1. The molecule has 0 aromatic heterocycles. The van der Waals surface area contributed by atoms with Gasteiger partial charge in [0, 0.05) is 19.3 Å². The molecule has 474 valence electrons. The van der Waals surface area contributed by atoms with Crippen molar-refractivity contribution in [2.24, 2.45) is 0 Å². The molecule has 0 saturated carbocycles. The predicted octanol–water partition coefficient (Wildman–Crippen LogP) is 18.0. The molecule has 0 aliphatic carbocycles. The predicted molar refractivity (Wildman–Crippen MR) is 340 cm³/mol. The third-order valence-electron chi connectivity index (χ3n) is 14.6. The SMILES string of the molecule is CC/C=C\C/C=C\C/C=C\C/C=C\CCCCCCC(=O)OC1C(OCC(COC(=O)CCCCCCCCCCC/C=C\C/C=C\CCCCC)OC(=O)CCCCCCCCC/C=C\C/C=C\CCCCC)OC(C(=O)O)C(O)C1O. The highest BCUT2D eigenvalue weighted by molar-refractivity contribution is 5.74. The van der Waals surface area contributed by atoms with Crippen molar-refractivity contribution in [1.82, 2.24) is 0 Å². The van der Waals surface area contributed by atoms with Gasteiger partial charge in [-0.1, -0.05) is 234 Å². The van der Waals surface area contributed by atoms with Gasteiger partial charge in [0.15, 0.2) is 24.6 Å². The number of allylic oxidation sites excluding steroid dienone is 16. The van der Waals surface area contributed by atoms with Gasteiger partial charge in [-0.3, -0.25) is 14.4 Å². The van der Waals surface area contributed by atoms with Gasteiger partial charge in [-0.2, -0.15) is 0 Å². The second-order valence-electron chi connectivity index (χ2n) is 22.4. The lowest BCUT2D eigenvalue weighted by molar-refractivity contribution is -0.301. The van der Waals surface area contributed by atoms with E-state index in [4.69, 9.17) is 23.7 Å². The Bertz CT molecular complexity index is 1810. The topological polar surface area (TPSA) is 175 Å². The lowest BCUT2D eigenvalue weighted by atomic mass is 9.98. The molecule has 12 heteroatoms. The van der Waals surface area contributed by atoms with E-state index >= 15 is 0 Å². The van der Waals surface area contributed by atoms with Crippen LogP contribution >= 0.6 is 0 Å². The Hall–Kier alpha value is -4.36. The van der Waals surface area contributed by atoms with E-state index in [1.54, 1.807) is 0 Å². The normalized spacial score (nSPS) is 18.2. The molecule has 1 aliphatic rings. The Morgan fingerprint density at radius 3 is 1.16 bits per heavy atom. The van der Waals surface area contributed by atoms with Crippen LogP contribution in [0.3, 0.4) is 0 Å². The van der Waals surface area contributed by atoms with E-state index in [9.17, 15) is 34.5 Å². The zero-order valence-electron chi connectivity index (χ0n) is 52.4. The highest BCUT2D eigenvalue weighted by Gasteiger charge is 2.50. The van der Waals surface area contributed by atoms with Crippen molar-refractivity contribution in [3.63, 3.8) is 0 Å². The highest BCUT2D eigenvalue weighted by Crippen LogP contribution is 2.26. The molecule has 0 bridgehead atoms. The van der Waals surface area contributed by atoms with Crippen molar-refractivity contribution in [3.05, 3.63) is 97.2 Å². The fourth-order valence-electron chi connectivity index (χ4n) is 9.54. The molecule has 1 fully saturated rings. The van der Waals surface area contributed by atoms with Crippen LogP contribution in [0.1, 0.15) is 278 Å².